The van der Waals surface area contributed by atoms with E-state index in [1.165, 1.54) is 3.11 Å². The number of nitrogens with zero attached hydrogens (tertiary/aromatic N) is 2. The van der Waals surface area contributed by atoms with Gasteiger partial charge in [0.05, 0.1) is 40.4 Å². The van der Waals surface area contributed by atoms with Crippen molar-refractivity contribution in [2.45, 2.75) is 6.54 Å². The standard InChI is InChI=1S/C16H14IN3O2/c1-19(17)15(21)12-8-6-11(7-9-12)10-20-14-5-3-2-4-13(14)18-16(20)22/h2-9H,10H2,1H3,(H,18,22). The van der Waals surface area contributed by atoms with E-state index in [-0.39, 0.29) is 11.6 Å². The summed E-state index contributed by atoms with van der Waals surface area (Å²) in [6.07, 6.45) is 0. The number of imidazole rings is 1. The van der Waals surface area contributed by atoms with Crippen LogP contribution in [0.3, 0.4) is 0 Å². The Morgan fingerprint density at radius 2 is 1.86 bits per heavy atom. The highest BCUT2D eigenvalue weighted by Gasteiger charge is 2.10. The molecule has 3 rings (SSSR count). The maximum absolute atomic E-state index is 12.1. The molecule has 6 heteroatoms. The minimum atomic E-state index is -0.131. The summed E-state index contributed by atoms with van der Waals surface area (Å²) in [6.45, 7) is 0.470. The van der Waals surface area contributed by atoms with E-state index in [1.54, 1.807) is 23.7 Å². The van der Waals surface area contributed by atoms with Gasteiger partial charge in [0.15, 0.2) is 0 Å². The summed E-state index contributed by atoms with van der Waals surface area (Å²) < 4.78 is 3.20. The summed E-state index contributed by atoms with van der Waals surface area (Å²) in [5, 5.41) is 0. The third kappa shape index (κ3) is 2.78. The monoisotopic (exact) mass is 407 g/mol. The van der Waals surface area contributed by atoms with Crippen LogP contribution in [-0.4, -0.2) is 25.6 Å². The maximum atomic E-state index is 12.1. The molecule has 0 fully saturated rings. The van der Waals surface area contributed by atoms with Crippen LogP contribution in [0.15, 0.2) is 53.3 Å². The largest absolute Gasteiger partial charge is 0.326 e. The Morgan fingerprint density at radius 3 is 2.55 bits per heavy atom. The molecule has 0 radical (unpaired) electrons. The van der Waals surface area contributed by atoms with Crippen molar-refractivity contribution in [1.29, 1.82) is 0 Å². The lowest BCUT2D eigenvalue weighted by Gasteiger charge is -2.09. The molecule has 2 aromatic carbocycles. The number of amides is 1. The van der Waals surface area contributed by atoms with Gasteiger partial charge in [-0.1, -0.05) is 24.3 Å². The third-order valence-corrected chi connectivity index (χ3v) is 3.94. The number of aromatic nitrogens is 2. The van der Waals surface area contributed by atoms with Gasteiger partial charge >= 0.3 is 5.69 Å². The minimum Gasteiger partial charge on any atom is -0.306 e. The van der Waals surface area contributed by atoms with Gasteiger partial charge in [-0.25, -0.2) is 4.79 Å². The molecule has 1 N–H and O–H groups in total. The number of nitrogens with one attached hydrogen (secondary N) is 1. The Kier molecular flexibility index (Phi) is 4.02. The van der Waals surface area contributed by atoms with Crippen LogP contribution >= 0.6 is 22.9 Å². The maximum Gasteiger partial charge on any atom is 0.326 e. The van der Waals surface area contributed by atoms with Crippen molar-refractivity contribution < 1.29 is 4.79 Å². The molecule has 1 amide bonds. The van der Waals surface area contributed by atoms with E-state index in [0.717, 1.165) is 16.6 Å². The number of carbonyl (C=O) groups is 1. The molecular formula is C16H14IN3O2. The number of carbonyl (C=O) groups excluding carboxylic acids is 1. The number of benzene rings is 2. The lowest BCUT2D eigenvalue weighted by atomic mass is 10.1. The molecule has 0 atom stereocenters. The van der Waals surface area contributed by atoms with Crippen molar-refractivity contribution in [2.24, 2.45) is 0 Å². The van der Waals surface area contributed by atoms with Crippen molar-refractivity contribution in [1.82, 2.24) is 12.7 Å². The summed E-state index contributed by atoms with van der Waals surface area (Å²) in [6, 6.07) is 14.9. The quantitative estimate of drug-likeness (QED) is 0.537. The summed E-state index contributed by atoms with van der Waals surface area (Å²) in [4.78, 5) is 26.8. The predicted octanol–water partition coefficient (Wildman–Crippen LogP) is 2.80. The highest BCUT2D eigenvalue weighted by molar-refractivity contribution is 14.1. The molecule has 22 heavy (non-hydrogen) atoms. The second-order valence-electron chi connectivity index (χ2n) is 5.01. The Bertz CT molecular complexity index is 878. The van der Waals surface area contributed by atoms with E-state index < -0.39 is 0 Å². The van der Waals surface area contributed by atoms with Crippen LogP contribution in [0.1, 0.15) is 15.9 Å². The number of rotatable bonds is 3. The predicted molar refractivity (Wildman–Crippen MR) is 94.2 cm³/mol. The first-order chi connectivity index (χ1) is 10.6. The fraction of sp³-hybridized carbons (Fsp3) is 0.125. The number of fused-ring (bicyclic) bond motifs is 1. The fourth-order valence-corrected chi connectivity index (χ4v) is 2.66. The summed E-state index contributed by atoms with van der Waals surface area (Å²) in [5.41, 5.74) is 3.17. The molecule has 0 aliphatic heterocycles. The van der Waals surface area contributed by atoms with E-state index in [1.807, 2.05) is 59.3 Å². The molecule has 0 saturated heterocycles. The Labute approximate surface area is 141 Å². The van der Waals surface area contributed by atoms with E-state index in [4.69, 9.17) is 0 Å². The zero-order chi connectivity index (χ0) is 15.7. The van der Waals surface area contributed by atoms with Gasteiger partial charge in [0.25, 0.3) is 5.91 Å². The van der Waals surface area contributed by atoms with E-state index in [9.17, 15) is 9.59 Å². The molecule has 5 nitrogen and oxygen atoms in total. The summed E-state index contributed by atoms with van der Waals surface area (Å²) >= 11 is 1.95. The summed E-state index contributed by atoms with van der Waals surface area (Å²) in [7, 11) is 1.71. The molecule has 0 aliphatic rings. The second kappa shape index (κ2) is 5.96. The van der Waals surface area contributed by atoms with Crippen molar-refractivity contribution >= 4 is 39.8 Å². The van der Waals surface area contributed by atoms with Crippen LogP contribution < -0.4 is 5.69 Å². The first-order valence-corrected chi connectivity index (χ1v) is 7.73. The topological polar surface area (TPSA) is 58.1 Å². The van der Waals surface area contributed by atoms with E-state index >= 15 is 0 Å². The zero-order valence-electron chi connectivity index (χ0n) is 11.9. The van der Waals surface area contributed by atoms with Crippen LogP contribution in [0.4, 0.5) is 0 Å². The van der Waals surface area contributed by atoms with Crippen molar-refractivity contribution in [2.75, 3.05) is 7.05 Å². The van der Waals surface area contributed by atoms with Crippen molar-refractivity contribution in [3.05, 3.63) is 70.1 Å². The van der Waals surface area contributed by atoms with Gasteiger partial charge in [-0.3, -0.25) is 12.5 Å². The zero-order valence-corrected chi connectivity index (χ0v) is 14.1. The number of halogens is 1. The molecule has 0 aliphatic carbocycles. The molecular weight excluding hydrogens is 393 g/mol. The average molecular weight is 407 g/mol. The van der Waals surface area contributed by atoms with Gasteiger partial charge < -0.3 is 4.98 Å². The van der Waals surface area contributed by atoms with Crippen LogP contribution in [-0.2, 0) is 6.54 Å². The van der Waals surface area contributed by atoms with Gasteiger partial charge in [-0.05, 0) is 29.8 Å². The molecule has 0 bridgehead atoms. The number of hydrogen-bond acceptors (Lipinski definition) is 2. The number of H-pyrrole nitrogens is 1. The molecule has 0 saturated carbocycles. The van der Waals surface area contributed by atoms with Gasteiger partial charge in [0.1, 0.15) is 0 Å². The average Bonchev–Trinajstić information content (AvgIpc) is 2.83. The van der Waals surface area contributed by atoms with E-state index in [2.05, 4.69) is 4.98 Å². The van der Waals surface area contributed by atoms with Crippen LogP contribution in [0.5, 0.6) is 0 Å². The van der Waals surface area contributed by atoms with Crippen molar-refractivity contribution in [3.8, 4) is 0 Å². The van der Waals surface area contributed by atoms with Crippen LogP contribution in [0, 0.1) is 0 Å². The first kappa shape index (κ1) is 14.8. The molecule has 0 unspecified atom stereocenters. The number of hydrogen-bond donors (Lipinski definition) is 1. The number of aromatic amines is 1. The second-order valence-corrected chi connectivity index (χ2v) is 6.46. The number of para-hydroxylation sites is 2. The molecule has 0 spiro atoms. The van der Waals surface area contributed by atoms with Crippen molar-refractivity contribution in [3.63, 3.8) is 0 Å². The smallest absolute Gasteiger partial charge is 0.306 e. The Hall–Kier alpha value is -2.09. The molecule has 112 valence electrons. The third-order valence-electron chi connectivity index (χ3n) is 3.50. The SMILES string of the molecule is CN(I)C(=O)c1ccc(Cn2c(=O)[nH]c3ccccc32)cc1. The van der Waals surface area contributed by atoms with Crippen LogP contribution in [0.2, 0.25) is 0 Å². The lowest BCUT2D eigenvalue weighted by Crippen LogP contribution is -2.18. The summed E-state index contributed by atoms with van der Waals surface area (Å²) in [5.74, 6) is -0.0450. The van der Waals surface area contributed by atoms with Gasteiger partial charge in [-0.2, -0.15) is 0 Å². The molecule has 3 aromatic rings. The first-order valence-electron chi connectivity index (χ1n) is 6.76. The van der Waals surface area contributed by atoms with Gasteiger partial charge in [0.2, 0.25) is 0 Å². The highest BCUT2D eigenvalue weighted by atomic mass is 127. The van der Waals surface area contributed by atoms with E-state index in [0.29, 0.717) is 12.1 Å². The van der Waals surface area contributed by atoms with Gasteiger partial charge in [-0.15, -0.1) is 0 Å². The molecule has 1 heterocycles. The van der Waals surface area contributed by atoms with Gasteiger partial charge in [0, 0.05) is 12.6 Å². The highest BCUT2D eigenvalue weighted by Crippen LogP contribution is 2.13. The fourth-order valence-electron chi connectivity index (χ4n) is 2.38. The Morgan fingerprint density at radius 1 is 1.18 bits per heavy atom. The minimum absolute atomic E-state index is 0.0450. The van der Waals surface area contributed by atoms with Crippen LogP contribution in [0.25, 0.3) is 11.0 Å². The normalized spacial score (nSPS) is 10.8. The molecule has 1 aromatic heterocycles. The lowest BCUT2D eigenvalue weighted by molar-refractivity contribution is 0.0906. The Balaban J connectivity index is 1.91.